The number of ether oxygens (including phenoxy) is 1. The molecule has 0 aliphatic rings. The normalized spacial score (nSPS) is 13.4. The molecule has 2 aromatic heterocycles. The zero-order chi connectivity index (χ0) is 17.8. The molecule has 0 aliphatic carbocycles. The van der Waals surface area contributed by atoms with Gasteiger partial charge in [-0.25, -0.2) is 9.37 Å². The van der Waals surface area contributed by atoms with Crippen molar-refractivity contribution < 1.29 is 9.13 Å². The van der Waals surface area contributed by atoms with Crippen LogP contribution >= 0.6 is 0 Å². The molecule has 0 aliphatic heterocycles. The maximum Gasteiger partial charge on any atom is 0.141 e. The van der Waals surface area contributed by atoms with Crippen LogP contribution in [0.5, 0.6) is 5.75 Å². The zero-order valence-electron chi connectivity index (χ0n) is 14.5. The molecule has 0 bridgehead atoms. The van der Waals surface area contributed by atoms with E-state index in [4.69, 9.17) is 4.74 Å². The van der Waals surface area contributed by atoms with E-state index in [0.717, 1.165) is 22.8 Å². The summed E-state index contributed by atoms with van der Waals surface area (Å²) < 4.78 is 20.6. The number of rotatable bonds is 6. The Morgan fingerprint density at radius 1 is 1.16 bits per heavy atom. The minimum absolute atomic E-state index is 0.104. The second-order valence-electron chi connectivity index (χ2n) is 5.86. The van der Waals surface area contributed by atoms with Crippen molar-refractivity contribution in [1.82, 2.24) is 19.9 Å². The third-order valence-electron chi connectivity index (χ3n) is 4.18. The summed E-state index contributed by atoms with van der Waals surface area (Å²) in [6, 6.07) is 10.6. The fraction of sp³-hybridized carbons (Fsp3) is 0.263. The number of benzene rings is 1. The van der Waals surface area contributed by atoms with Crippen molar-refractivity contribution in [1.29, 1.82) is 0 Å². The van der Waals surface area contributed by atoms with E-state index in [9.17, 15) is 4.39 Å². The molecular formula is C19H21FN4O. The zero-order valence-corrected chi connectivity index (χ0v) is 14.5. The van der Waals surface area contributed by atoms with Crippen LogP contribution in [0.1, 0.15) is 36.1 Å². The first-order valence-corrected chi connectivity index (χ1v) is 8.07. The van der Waals surface area contributed by atoms with Gasteiger partial charge in [0, 0.05) is 31.0 Å². The fourth-order valence-electron chi connectivity index (χ4n) is 2.84. The molecular weight excluding hydrogens is 319 g/mol. The number of para-hydroxylation sites is 1. The predicted octanol–water partition coefficient (Wildman–Crippen LogP) is 3.40. The standard InChI is InChI=1S/C19H21FN4O/c1-13(16-9-8-14(20)12-22-16)23-18(19-21-10-11-24(19)2)15-6-4-5-7-17(15)25-3/h4-13,18,23H,1-3H3/t13-,18-/m1/s1. The maximum absolute atomic E-state index is 13.1. The van der Waals surface area contributed by atoms with Gasteiger partial charge in [-0.05, 0) is 25.1 Å². The van der Waals surface area contributed by atoms with Gasteiger partial charge in [-0.3, -0.25) is 10.3 Å². The van der Waals surface area contributed by atoms with Crippen LogP contribution in [-0.2, 0) is 7.05 Å². The quantitative estimate of drug-likeness (QED) is 0.747. The molecule has 0 radical (unpaired) electrons. The SMILES string of the molecule is COc1ccccc1[C@@H](N[C@H](C)c1ccc(F)cn1)c1nccn1C. The highest BCUT2D eigenvalue weighted by Gasteiger charge is 2.24. The average molecular weight is 340 g/mol. The summed E-state index contributed by atoms with van der Waals surface area (Å²) >= 11 is 0. The predicted molar refractivity (Wildman–Crippen MR) is 93.8 cm³/mol. The number of nitrogens with zero attached hydrogens (tertiary/aromatic N) is 3. The number of hydrogen-bond donors (Lipinski definition) is 1. The van der Waals surface area contributed by atoms with Crippen LogP contribution in [-0.4, -0.2) is 21.6 Å². The summed E-state index contributed by atoms with van der Waals surface area (Å²) in [5.74, 6) is 1.29. The van der Waals surface area contributed by atoms with E-state index in [2.05, 4.69) is 15.3 Å². The van der Waals surface area contributed by atoms with Crippen molar-refractivity contribution in [2.45, 2.75) is 19.0 Å². The van der Waals surface area contributed by atoms with E-state index in [1.807, 2.05) is 49.0 Å². The highest BCUT2D eigenvalue weighted by Crippen LogP contribution is 2.31. The van der Waals surface area contributed by atoms with Gasteiger partial charge in [0.2, 0.25) is 0 Å². The van der Waals surface area contributed by atoms with E-state index in [1.165, 1.54) is 12.3 Å². The second kappa shape index (κ2) is 7.44. The number of imidazole rings is 1. The molecule has 0 spiro atoms. The van der Waals surface area contributed by atoms with E-state index < -0.39 is 0 Å². The number of halogens is 1. The number of aryl methyl sites for hydroxylation is 1. The summed E-state index contributed by atoms with van der Waals surface area (Å²) in [5, 5.41) is 3.54. The minimum Gasteiger partial charge on any atom is -0.496 e. The average Bonchev–Trinajstić information content (AvgIpc) is 3.06. The monoisotopic (exact) mass is 340 g/mol. The van der Waals surface area contributed by atoms with Gasteiger partial charge in [0.15, 0.2) is 0 Å². The molecule has 5 nitrogen and oxygen atoms in total. The molecule has 3 aromatic rings. The van der Waals surface area contributed by atoms with Crippen molar-refractivity contribution in [3.05, 3.63) is 77.9 Å². The Hall–Kier alpha value is -2.73. The Morgan fingerprint density at radius 2 is 1.96 bits per heavy atom. The second-order valence-corrected chi connectivity index (χ2v) is 5.86. The Morgan fingerprint density at radius 3 is 2.60 bits per heavy atom. The molecule has 1 aromatic carbocycles. The number of nitrogens with one attached hydrogen (secondary N) is 1. The fourth-order valence-corrected chi connectivity index (χ4v) is 2.84. The molecule has 3 rings (SSSR count). The summed E-state index contributed by atoms with van der Waals surface area (Å²) in [4.78, 5) is 8.67. The van der Waals surface area contributed by atoms with Crippen LogP contribution in [0.2, 0.25) is 0 Å². The van der Waals surface area contributed by atoms with E-state index in [-0.39, 0.29) is 17.9 Å². The molecule has 25 heavy (non-hydrogen) atoms. The summed E-state index contributed by atoms with van der Waals surface area (Å²) in [5.41, 5.74) is 1.74. The smallest absolute Gasteiger partial charge is 0.141 e. The highest BCUT2D eigenvalue weighted by molar-refractivity contribution is 5.39. The first kappa shape index (κ1) is 17.1. The number of aromatic nitrogens is 3. The third-order valence-corrected chi connectivity index (χ3v) is 4.18. The first-order valence-electron chi connectivity index (χ1n) is 8.07. The van der Waals surface area contributed by atoms with Gasteiger partial charge in [0.25, 0.3) is 0 Å². The van der Waals surface area contributed by atoms with Crippen molar-refractivity contribution in [3.8, 4) is 5.75 Å². The Kier molecular flexibility index (Phi) is 5.09. The van der Waals surface area contributed by atoms with Gasteiger partial charge >= 0.3 is 0 Å². The number of methoxy groups -OCH3 is 1. The van der Waals surface area contributed by atoms with Crippen LogP contribution < -0.4 is 10.1 Å². The lowest BCUT2D eigenvalue weighted by Crippen LogP contribution is -2.28. The highest BCUT2D eigenvalue weighted by atomic mass is 19.1. The molecule has 0 unspecified atom stereocenters. The number of hydrogen-bond acceptors (Lipinski definition) is 4. The number of pyridine rings is 1. The molecule has 0 saturated carbocycles. The van der Waals surface area contributed by atoms with Crippen molar-refractivity contribution in [2.24, 2.45) is 7.05 Å². The van der Waals surface area contributed by atoms with Crippen LogP contribution in [0.3, 0.4) is 0 Å². The van der Waals surface area contributed by atoms with Crippen LogP contribution in [0.15, 0.2) is 55.0 Å². The van der Waals surface area contributed by atoms with E-state index >= 15 is 0 Å². The van der Waals surface area contributed by atoms with Gasteiger partial charge < -0.3 is 9.30 Å². The molecule has 2 heterocycles. The van der Waals surface area contributed by atoms with Gasteiger partial charge in [-0.15, -0.1) is 0 Å². The van der Waals surface area contributed by atoms with Gasteiger partial charge in [0.05, 0.1) is 25.0 Å². The topological polar surface area (TPSA) is 52.0 Å². The van der Waals surface area contributed by atoms with Crippen LogP contribution in [0, 0.1) is 5.82 Å². The third kappa shape index (κ3) is 3.69. The van der Waals surface area contributed by atoms with E-state index in [1.54, 1.807) is 19.4 Å². The van der Waals surface area contributed by atoms with Gasteiger partial charge in [-0.1, -0.05) is 18.2 Å². The molecule has 6 heteroatoms. The van der Waals surface area contributed by atoms with Crippen LogP contribution in [0.4, 0.5) is 4.39 Å². The van der Waals surface area contributed by atoms with Crippen LogP contribution in [0.25, 0.3) is 0 Å². The maximum atomic E-state index is 13.1. The summed E-state index contributed by atoms with van der Waals surface area (Å²) in [6.45, 7) is 1.99. The van der Waals surface area contributed by atoms with Crippen molar-refractivity contribution in [3.63, 3.8) is 0 Å². The van der Waals surface area contributed by atoms with Gasteiger partial charge in [-0.2, -0.15) is 0 Å². The molecule has 0 amide bonds. The Balaban J connectivity index is 1.97. The van der Waals surface area contributed by atoms with Crippen molar-refractivity contribution in [2.75, 3.05) is 7.11 Å². The Bertz CT molecular complexity index is 831. The van der Waals surface area contributed by atoms with E-state index in [0.29, 0.717) is 0 Å². The largest absolute Gasteiger partial charge is 0.496 e. The van der Waals surface area contributed by atoms with Gasteiger partial charge in [0.1, 0.15) is 17.4 Å². The van der Waals surface area contributed by atoms with Crippen molar-refractivity contribution >= 4 is 0 Å². The summed E-state index contributed by atoms with van der Waals surface area (Å²) in [6.07, 6.45) is 4.90. The lowest BCUT2D eigenvalue weighted by atomic mass is 10.0. The molecule has 0 saturated heterocycles. The lowest BCUT2D eigenvalue weighted by Gasteiger charge is -2.24. The first-order chi connectivity index (χ1) is 12.1. The molecule has 2 atom stereocenters. The molecule has 1 N–H and O–H groups in total. The minimum atomic E-state index is -0.346. The molecule has 0 fully saturated rings. The Labute approximate surface area is 146 Å². The summed E-state index contributed by atoms with van der Waals surface area (Å²) in [7, 11) is 3.60. The lowest BCUT2D eigenvalue weighted by molar-refractivity contribution is 0.396. The molecule has 130 valence electrons.